The van der Waals surface area contributed by atoms with Crippen molar-refractivity contribution in [2.75, 3.05) is 6.61 Å². The van der Waals surface area contributed by atoms with Crippen molar-refractivity contribution in [2.24, 2.45) is 0 Å². The molecule has 0 saturated heterocycles. The molecular formula is C18H15Cl3N2OS. The van der Waals surface area contributed by atoms with Crippen LogP contribution in [-0.2, 0) is 6.54 Å². The summed E-state index contributed by atoms with van der Waals surface area (Å²) in [6.45, 7) is 1.26. The molecule has 0 fully saturated rings. The van der Waals surface area contributed by atoms with E-state index >= 15 is 0 Å². The maximum atomic E-state index is 6.19. The Bertz CT molecular complexity index is 810. The maximum absolute atomic E-state index is 6.19. The number of nitrogens with zero attached hydrogens (tertiary/aromatic N) is 2. The van der Waals surface area contributed by atoms with E-state index in [1.54, 1.807) is 42.5 Å². The molecule has 3 aromatic rings. The fourth-order valence-corrected chi connectivity index (χ4v) is 3.88. The van der Waals surface area contributed by atoms with Gasteiger partial charge in [-0.25, -0.2) is 4.98 Å². The highest BCUT2D eigenvalue weighted by molar-refractivity contribution is 8.00. The summed E-state index contributed by atoms with van der Waals surface area (Å²) in [5.41, 5.74) is 0. The van der Waals surface area contributed by atoms with Crippen molar-refractivity contribution in [1.82, 2.24) is 9.55 Å². The minimum atomic E-state index is 0.169. The lowest BCUT2D eigenvalue weighted by Gasteiger charge is -2.18. The number of thioether (sulfide) groups is 1. The zero-order chi connectivity index (χ0) is 17.6. The molecule has 0 aliphatic heterocycles. The molecule has 130 valence electrons. The Kier molecular flexibility index (Phi) is 6.54. The Morgan fingerprint density at radius 1 is 1.04 bits per heavy atom. The number of hydrogen-bond donors (Lipinski definition) is 0. The van der Waals surface area contributed by atoms with Crippen LogP contribution in [-0.4, -0.2) is 21.4 Å². The molecule has 0 N–H and O–H groups in total. The van der Waals surface area contributed by atoms with Gasteiger partial charge in [0.25, 0.3) is 0 Å². The number of rotatable bonds is 7. The number of benzene rings is 2. The van der Waals surface area contributed by atoms with Gasteiger partial charge in [-0.1, -0.05) is 34.8 Å². The number of ether oxygens (including phenoxy) is 1. The van der Waals surface area contributed by atoms with E-state index in [2.05, 4.69) is 4.98 Å². The molecule has 3 nitrogen and oxygen atoms in total. The molecule has 0 spiro atoms. The molecule has 0 aliphatic rings. The van der Waals surface area contributed by atoms with Crippen LogP contribution in [0.25, 0.3) is 0 Å². The molecule has 0 bridgehead atoms. The third-order valence-electron chi connectivity index (χ3n) is 3.41. The van der Waals surface area contributed by atoms with Crippen LogP contribution in [0.5, 0.6) is 5.75 Å². The van der Waals surface area contributed by atoms with Gasteiger partial charge in [0.05, 0.1) is 16.6 Å². The summed E-state index contributed by atoms with van der Waals surface area (Å²) in [5.74, 6) is 0.624. The van der Waals surface area contributed by atoms with Crippen LogP contribution in [0.2, 0.25) is 15.1 Å². The quantitative estimate of drug-likeness (QED) is 0.439. The van der Waals surface area contributed by atoms with Gasteiger partial charge in [0.1, 0.15) is 12.4 Å². The van der Waals surface area contributed by atoms with E-state index in [4.69, 9.17) is 39.5 Å². The Morgan fingerprint density at radius 3 is 2.48 bits per heavy atom. The number of halogens is 3. The van der Waals surface area contributed by atoms with Gasteiger partial charge in [0.15, 0.2) is 0 Å². The van der Waals surface area contributed by atoms with Crippen LogP contribution in [0.1, 0.15) is 0 Å². The van der Waals surface area contributed by atoms with E-state index in [0.29, 0.717) is 22.4 Å². The van der Waals surface area contributed by atoms with E-state index in [9.17, 15) is 0 Å². The summed E-state index contributed by atoms with van der Waals surface area (Å²) in [7, 11) is 0. The van der Waals surface area contributed by atoms with Gasteiger partial charge in [-0.2, -0.15) is 0 Å². The molecule has 0 saturated carbocycles. The summed E-state index contributed by atoms with van der Waals surface area (Å²) in [6.07, 6.45) is 5.50. The standard InChI is InChI=1S/C18H15Cl3N2OS/c19-13-1-4-15(5-2-13)25-16(10-23-8-7-22-12-23)11-24-18-6-3-14(20)9-17(18)21/h1-9,12,16H,10-11H2. The lowest BCUT2D eigenvalue weighted by atomic mass is 10.3. The lowest BCUT2D eigenvalue weighted by Crippen LogP contribution is -2.20. The summed E-state index contributed by atoms with van der Waals surface area (Å²) in [5, 5.41) is 1.98. The van der Waals surface area contributed by atoms with Gasteiger partial charge in [-0.15, -0.1) is 11.8 Å². The third-order valence-corrected chi connectivity index (χ3v) is 5.35. The molecule has 3 rings (SSSR count). The first-order valence-corrected chi connectivity index (χ1v) is 9.57. The monoisotopic (exact) mass is 412 g/mol. The zero-order valence-corrected chi connectivity index (χ0v) is 16.2. The average molecular weight is 414 g/mol. The smallest absolute Gasteiger partial charge is 0.138 e. The molecule has 0 aliphatic carbocycles. The van der Waals surface area contributed by atoms with Crippen LogP contribution in [0.4, 0.5) is 0 Å². The van der Waals surface area contributed by atoms with E-state index in [-0.39, 0.29) is 5.25 Å². The van der Waals surface area contributed by atoms with Crippen LogP contribution < -0.4 is 4.74 Å². The Morgan fingerprint density at radius 2 is 1.80 bits per heavy atom. The van der Waals surface area contributed by atoms with Gasteiger partial charge in [-0.05, 0) is 42.5 Å². The molecule has 1 aromatic heterocycles. The largest absolute Gasteiger partial charge is 0.491 e. The predicted octanol–water partition coefficient (Wildman–Crippen LogP) is 6.08. The van der Waals surface area contributed by atoms with Crippen molar-refractivity contribution in [3.63, 3.8) is 0 Å². The van der Waals surface area contributed by atoms with Crippen molar-refractivity contribution >= 4 is 46.6 Å². The van der Waals surface area contributed by atoms with Crippen LogP contribution in [0.3, 0.4) is 0 Å². The molecule has 1 heterocycles. The highest BCUT2D eigenvalue weighted by Gasteiger charge is 2.14. The van der Waals surface area contributed by atoms with Gasteiger partial charge in [-0.3, -0.25) is 0 Å². The second kappa shape index (κ2) is 8.86. The van der Waals surface area contributed by atoms with Gasteiger partial charge in [0.2, 0.25) is 0 Å². The zero-order valence-electron chi connectivity index (χ0n) is 13.1. The Labute approximate surface area is 165 Å². The predicted molar refractivity (Wildman–Crippen MR) is 105 cm³/mol. The molecule has 2 aromatic carbocycles. The van der Waals surface area contributed by atoms with Crippen molar-refractivity contribution in [3.05, 3.63) is 76.3 Å². The van der Waals surface area contributed by atoms with Crippen molar-refractivity contribution in [3.8, 4) is 5.75 Å². The fraction of sp³-hybridized carbons (Fsp3) is 0.167. The third kappa shape index (κ3) is 5.58. The van der Waals surface area contributed by atoms with Crippen LogP contribution in [0, 0.1) is 0 Å². The van der Waals surface area contributed by atoms with Gasteiger partial charge >= 0.3 is 0 Å². The molecule has 0 radical (unpaired) electrons. The molecule has 1 unspecified atom stereocenters. The summed E-state index contributed by atoms with van der Waals surface area (Å²) in [6, 6.07) is 13.0. The van der Waals surface area contributed by atoms with Crippen LogP contribution in [0.15, 0.2) is 66.1 Å². The first-order chi connectivity index (χ1) is 12.1. The summed E-state index contributed by atoms with van der Waals surface area (Å²) < 4.78 is 7.96. The first kappa shape index (κ1) is 18.5. The van der Waals surface area contributed by atoms with Crippen molar-refractivity contribution < 1.29 is 4.74 Å². The summed E-state index contributed by atoms with van der Waals surface area (Å²) in [4.78, 5) is 5.22. The molecular weight excluding hydrogens is 399 g/mol. The van der Waals surface area contributed by atoms with Crippen molar-refractivity contribution in [1.29, 1.82) is 0 Å². The fourth-order valence-electron chi connectivity index (χ4n) is 2.23. The van der Waals surface area contributed by atoms with Gasteiger partial charge < -0.3 is 9.30 Å². The van der Waals surface area contributed by atoms with E-state index in [1.165, 1.54) is 0 Å². The minimum absolute atomic E-state index is 0.169. The second-order valence-corrected chi connectivity index (χ2v) is 7.99. The normalized spacial score (nSPS) is 12.1. The van der Waals surface area contributed by atoms with E-state index in [1.807, 2.05) is 35.0 Å². The highest BCUT2D eigenvalue weighted by atomic mass is 35.5. The maximum Gasteiger partial charge on any atom is 0.138 e. The summed E-state index contributed by atoms with van der Waals surface area (Å²) >= 11 is 19.8. The molecule has 7 heteroatoms. The van der Waals surface area contributed by atoms with Gasteiger partial charge in [0, 0.05) is 33.9 Å². The second-order valence-electron chi connectivity index (χ2n) is 5.34. The molecule has 1 atom stereocenters. The topological polar surface area (TPSA) is 27.1 Å². The minimum Gasteiger partial charge on any atom is -0.491 e. The van der Waals surface area contributed by atoms with Crippen molar-refractivity contribution in [2.45, 2.75) is 16.7 Å². The Hall–Kier alpha value is -1.33. The first-order valence-electron chi connectivity index (χ1n) is 7.56. The lowest BCUT2D eigenvalue weighted by molar-refractivity contribution is 0.308. The number of hydrogen-bond acceptors (Lipinski definition) is 3. The Balaban J connectivity index is 1.70. The van der Waals surface area contributed by atoms with E-state index in [0.717, 1.165) is 16.5 Å². The average Bonchev–Trinajstić information content (AvgIpc) is 3.09. The molecule has 25 heavy (non-hydrogen) atoms. The number of aromatic nitrogens is 2. The van der Waals surface area contributed by atoms with Crippen LogP contribution >= 0.6 is 46.6 Å². The highest BCUT2D eigenvalue weighted by Crippen LogP contribution is 2.30. The van der Waals surface area contributed by atoms with E-state index < -0.39 is 0 Å². The molecule has 0 amide bonds. The SMILES string of the molecule is Clc1ccc(SC(COc2ccc(Cl)cc2Cl)Cn2ccnc2)cc1. The number of imidazole rings is 1.